The van der Waals surface area contributed by atoms with Gasteiger partial charge in [0.25, 0.3) is 0 Å². The Labute approximate surface area is 268 Å². The summed E-state index contributed by atoms with van der Waals surface area (Å²) < 4.78 is 0. The quantitative estimate of drug-likeness (QED) is 0.151. The fraction of sp³-hybridized carbons (Fsp3) is 0.581. The molecule has 46 heavy (non-hydrogen) atoms. The molecule has 2 aliphatic heterocycles. The third-order valence-corrected chi connectivity index (χ3v) is 8.24. The Hall–Kier alpha value is -4.69. The second-order valence-electron chi connectivity index (χ2n) is 12.1. The first kappa shape index (κ1) is 35.8. The van der Waals surface area contributed by atoms with E-state index in [1.54, 1.807) is 26.0 Å². The summed E-state index contributed by atoms with van der Waals surface area (Å²) in [4.78, 5) is 92.9. The molecule has 7 N–H and O–H groups in total. The molecule has 252 valence electrons. The molecule has 3 rings (SSSR count). The molecule has 0 unspecified atom stereocenters. The molecule has 2 fully saturated rings. The van der Waals surface area contributed by atoms with E-state index in [0.717, 1.165) is 0 Å². The summed E-state index contributed by atoms with van der Waals surface area (Å²) in [6.45, 7) is 5.28. The lowest BCUT2D eigenvalue weighted by molar-refractivity contribution is -0.144. The van der Waals surface area contributed by atoms with Gasteiger partial charge in [-0.2, -0.15) is 0 Å². The van der Waals surface area contributed by atoms with Gasteiger partial charge in [0.2, 0.25) is 41.4 Å². The number of nitrogens with zero attached hydrogens (tertiary/aromatic N) is 2. The maximum absolute atomic E-state index is 13.8. The van der Waals surface area contributed by atoms with Gasteiger partial charge in [-0.1, -0.05) is 26.0 Å². The monoisotopic (exact) mass is 643 g/mol. The number of hydrogen-bond donors (Lipinski definition) is 6. The lowest BCUT2D eigenvalue weighted by Gasteiger charge is -2.32. The molecule has 5 atom stereocenters. The van der Waals surface area contributed by atoms with Gasteiger partial charge in [-0.15, -0.1) is 0 Å². The number of benzene rings is 1. The number of carbonyl (C=O) groups is 7. The number of rotatable bonds is 13. The van der Waals surface area contributed by atoms with Gasteiger partial charge in [0.1, 0.15) is 36.0 Å². The Kier molecular flexibility index (Phi) is 12.5. The number of nitrogens with two attached hydrogens (primary N) is 1. The first-order chi connectivity index (χ1) is 21.7. The molecule has 0 aromatic heterocycles. The molecular formula is C31H45N7O8. The van der Waals surface area contributed by atoms with E-state index >= 15 is 0 Å². The molecular weight excluding hydrogens is 598 g/mol. The minimum absolute atomic E-state index is 0.00169. The number of carbonyl (C=O) groups excluding carboxylic acids is 7. The largest absolute Gasteiger partial charge is 0.508 e. The number of hydrogen-bond acceptors (Lipinski definition) is 8. The number of aromatic hydroxyl groups is 1. The van der Waals surface area contributed by atoms with Crippen LogP contribution in [0.5, 0.6) is 5.75 Å². The van der Waals surface area contributed by atoms with E-state index in [1.165, 1.54) is 35.9 Å². The smallest absolute Gasteiger partial charge is 0.246 e. The Bertz CT molecular complexity index is 1300. The van der Waals surface area contributed by atoms with Crippen molar-refractivity contribution in [2.24, 2.45) is 11.7 Å². The van der Waals surface area contributed by atoms with Gasteiger partial charge in [0, 0.05) is 33.5 Å². The van der Waals surface area contributed by atoms with Crippen LogP contribution in [0.15, 0.2) is 24.3 Å². The van der Waals surface area contributed by atoms with Crippen molar-refractivity contribution in [1.82, 2.24) is 31.1 Å². The molecule has 0 radical (unpaired) electrons. The van der Waals surface area contributed by atoms with Crippen LogP contribution in [0, 0.1) is 5.92 Å². The van der Waals surface area contributed by atoms with Crippen molar-refractivity contribution in [3.63, 3.8) is 0 Å². The molecule has 15 nitrogen and oxygen atoms in total. The molecule has 7 amide bonds. The van der Waals surface area contributed by atoms with E-state index < -0.39 is 72.1 Å². The average molecular weight is 644 g/mol. The van der Waals surface area contributed by atoms with Crippen LogP contribution in [-0.4, -0.2) is 107 Å². The first-order valence-corrected chi connectivity index (χ1v) is 15.5. The van der Waals surface area contributed by atoms with Crippen LogP contribution >= 0.6 is 0 Å². The van der Waals surface area contributed by atoms with Gasteiger partial charge >= 0.3 is 0 Å². The highest BCUT2D eigenvalue weighted by atomic mass is 16.3. The highest BCUT2D eigenvalue weighted by molar-refractivity contribution is 5.97. The van der Waals surface area contributed by atoms with Crippen molar-refractivity contribution >= 4 is 41.4 Å². The standard InChI is InChI=1S/C31H45N7O8/c1-17(2)26(31(46)38-14-5-7-23(38)28(43)33-4)36-27(42)21(15-19-9-11-20(40)12-10-19)35-29(44)24-8-6-13-37(24)30(45)22(16-25(32)41)34-18(3)39/h9-12,17,21-24,26,40H,5-8,13-16H2,1-4H3,(H2,32,41)(H,33,43)(H,34,39)(H,35,44)(H,36,42)/t21-,22-,23-,24-,26-/m0/s1. The molecule has 2 heterocycles. The maximum Gasteiger partial charge on any atom is 0.246 e. The minimum atomic E-state index is -1.25. The van der Waals surface area contributed by atoms with Gasteiger partial charge in [0.15, 0.2) is 0 Å². The van der Waals surface area contributed by atoms with E-state index in [-0.39, 0.29) is 37.0 Å². The number of phenolic OH excluding ortho intramolecular Hbond substituents is 1. The van der Waals surface area contributed by atoms with E-state index in [9.17, 15) is 38.7 Å². The van der Waals surface area contributed by atoms with Crippen LogP contribution in [0.4, 0.5) is 0 Å². The zero-order valence-electron chi connectivity index (χ0n) is 26.7. The van der Waals surface area contributed by atoms with E-state index in [0.29, 0.717) is 31.4 Å². The molecule has 0 bridgehead atoms. The Morgan fingerprint density at radius 2 is 1.41 bits per heavy atom. The first-order valence-electron chi connectivity index (χ1n) is 15.5. The molecule has 1 aromatic rings. The van der Waals surface area contributed by atoms with Crippen LogP contribution in [0.3, 0.4) is 0 Å². The van der Waals surface area contributed by atoms with Gasteiger partial charge < -0.3 is 41.9 Å². The molecule has 0 spiro atoms. The predicted molar refractivity (Wildman–Crippen MR) is 165 cm³/mol. The predicted octanol–water partition coefficient (Wildman–Crippen LogP) is -1.33. The number of likely N-dealkylation sites (N-methyl/N-ethyl adjacent to an activating group) is 1. The minimum Gasteiger partial charge on any atom is -0.508 e. The van der Waals surface area contributed by atoms with E-state index in [1.807, 2.05) is 0 Å². The lowest BCUT2D eigenvalue weighted by atomic mass is 9.99. The second kappa shape index (κ2) is 16.0. The number of nitrogens with one attached hydrogen (secondary N) is 4. The highest BCUT2D eigenvalue weighted by Crippen LogP contribution is 2.22. The number of phenols is 1. The molecule has 1 aromatic carbocycles. The van der Waals surface area contributed by atoms with Gasteiger partial charge in [-0.25, -0.2) is 0 Å². The van der Waals surface area contributed by atoms with Crippen molar-refractivity contribution in [3.8, 4) is 5.75 Å². The van der Waals surface area contributed by atoms with Crippen molar-refractivity contribution < 1.29 is 38.7 Å². The van der Waals surface area contributed by atoms with Crippen molar-refractivity contribution in [2.45, 2.75) is 89.5 Å². The van der Waals surface area contributed by atoms with Crippen LogP contribution in [0.25, 0.3) is 0 Å². The molecule has 2 saturated heterocycles. The topological polar surface area (TPSA) is 220 Å². The highest BCUT2D eigenvalue weighted by Gasteiger charge is 2.41. The van der Waals surface area contributed by atoms with Crippen molar-refractivity contribution in [1.29, 1.82) is 0 Å². The summed E-state index contributed by atoms with van der Waals surface area (Å²) in [5.74, 6) is -4.31. The maximum atomic E-state index is 13.8. The van der Waals surface area contributed by atoms with E-state index in [4.69, 9.17) is 5.73 Å². The fourth-order valence-corrected chi connectivity index (χ4v) is 5.91. The zero-order chi connectivity index (χ0) is 34.1. The second-order valence-corrected chi connectivity index (χ2v) is 12.1. The molecule has 2 aliphatic rings. The normalized spacial score (nSPS) is 19.6. The van der Waals surface area contributed by atoms with Gasteiger partial charge in [-0.3, -0.25) is 33.6 Å². The van der Waals surface area contributed by atoms with Gasteiger partial charge in [0.05, 0.1) is 6.42 Å². The van der Waals surface area contributed by atoms with Crippen LogP contribution in [-0.2, 0) is 40.0 Å². The van der Waals surface area contributed by atoms with Gasteiger partial charge in [-0.05, 0) is 49.3 Å². The summed E-state index contributed by atoms with van der Waals surface area (Å²) >= 11 is 0. The third kappa shape index (κ3) is 9.17. The Morgan fingerprint density at radius 3 is 1.93 bits per heavy atom. The molecule has 0 aliphatic carbocycles. The van der Waals surface area contributed by atoms with Crippen LogP contribution < -0.4 is 27.0 Å². The fourth-order valence-electron chi connectivity index (χ4n) is 5.91. The number of likely N-dealkylation sites (tertiary alicyclic amines) is 2. The van der Waals surface area contributed by atoms with Crippen LogP contribution in [0.2, 0.25) is 0 Å². The Balaban J connectivity index is 1.84. The summed E-state index contributed by atoms with van der Waals surface area (Å²) in [5.41, 5.74) is 5.89. The molecule has 15 heteroatoms. The summed E-state index contributed by atoms with van der Waals surface area (Å²) in [5, 5.41) is 20.3. The van der Waals surface area contributed by atoms with Crippen molar-refractivity contribution in [3.05, 3.63) is 29.8 Å². The number of amides is 7. The SMILES string of the molecule is CNC(=O)[C@@H]1CCCN1C(=O)[C@@H](NC(=O)[C@H](Cc1ccc(O)cc1)NC(=O)[C@@H]1CCCN1C(=O)[C@H](CC(N)=O)NC(C)=O)C(C)C. The zero-order valence-corrected chi connectivity index (χ0v) is 26.7. The van der Waals surface area contributed by atoms with E-state index in [2.05, 4.69) is 21.3 Å². The molecule has 0 saturated carbocycles. The summed E-state index contributed by atoms with van der Waals surface area (Å²) in [7, 11) is 1.50. The number of primary amides is 1. The Morgan fingerprint density at radius 1 is 0.848 bits per heavy atom. The third-order valence-electron chi connectivity index (χ3n) is 8.24. The average Bonchev–Trinajstić information content (AvgIpc) is 3.69. The van der Waals surface area contributed by atoms with Crippen LogP contribution in [0.1, 0.15) is 58.4 Å². The summed E-state index contributed by atoms with van der Waals surface area (Å²) in [6, 6.07) is 1.01. The lowest BCUT2D eigenvalue weighted by Crippen LogP contribution is -2.60. The summed E-state index contributed by atoms with van der Waals surface area (Å²) in [6.07, 6.45) is 1.44. The van der Waals surface area contributed by atoms with Crippen molar-refractivity contribution in [2.75, 3.05) is 20.1 Å².